The second-order valence-corrected chi connectivity index (χ2v) is 13.5. The summed E-state index contributed by atoms with van der Waals surface area (Å²) in [4.78, 5) is 30.9. The number of carbonyl (C=O) groups is 2. The van der Waals surface area contributed by atoms with Crippen molar-refractivity contribution in [3.05, 3.63) is 116 Å². The molecule has 2 atom stereocenters. The Morgan fingerprint density at radius 1 is 0.942 bits per heavy atom. The molecular weight excluding hydrogens is 716 g/mol. The fraction of sp³-hybridized carbons (Fsp3) is 0.342. The number of pyridine rings is 1. The molecular formula is C38H38Cl2FN3O8. The molecule has 3 aromatic carbocycles. The Balaban J connectivity index is 1.25. The molecule has 2 bridgehead atoms. The number of piperidine rings is 3. The number of methoxy groups -OCH3 is 3. The Morgan fingerprint density at radius 3 is 2.23 bits per heavy atom. The van der Waals surface area contributed by atoms with Gasteiger partial charge in [0.05, 0.1) is 33.4 Å². The Bertz CT molecular complexity index is 1900. The van der Waals surface area contributed by atoms with E-state index in [1.54, 1.807) is 48.5 Å². The van der Waals surface area contributed by atoms with E-state index in [1.807, 2.05) is 0 Å². The zero-order valence-corrected chi connectivity index (χ0v) is 30.4. The van der Waals surface area contributed by atoms with Crippen molar-refractivity contribution in [3.8, 4) is 17.2 Å². The molecule has 52 heavy (non-hydrogen) atoms. The average Bonchev–Trinajstić information content (AvgIpc) is 3.15. The van der Waals surface area contributed by atoms with Gasteiger partial charge >= 0.3 is 12.1 Å². The van der Waals surface area contributed by atoms with Crippen LogP contribution >= 0.6 is 23.2 Å². The maximum atomic E-state index is 15.4. The molecule has 1 amide bonds. The van der Waals surface area contributed by atoms with Gasteiger partial charge in [-0.25, -0.2) is 14.0 Å². The first kappa shape index (κ1) is 37.0. The summed E-state index contributed by atoms with van der Waals surface area (Å²) in [5, 5.41) is 12.1. The first-order valence-electron chi connectivity index (χ1n) is 16.7. The molecule has 274 valence electrons. The van der Waals surface area contributed by atoms with Crippen LogP contribution in [0, 0.1) is 16.9 Å². The lowest BCUT2D eigenvalue weighted by molar-refractivity contribution is -0.605. The molecule has 1 aromatic heterocycles. The van der Waals surface area contributed by atoms with Gasteiger partial charge in [-0.2, -0.15) is 4.73 Å². The average molecular weight is 755 g/mol. The summed E-state index contributed by atoms with van der Waals surface area (Å²) < 4.78 is 44.2. The Labute approximate surface area is 310 Å². The van der Waals surface area contributed by atoms with Crippen LogP contribution in [0.1, 0.15) is 46.0 Å². The number of nitrogens with zero attached hydrogens (tertiary/aromatic N) is 3. The molecule has 0 unspecified atom stereocenters. The minimum atomic E-state index is -0.908. The molecule has 0 spiro atoms. The number of halogens is 3. The number of fused-ring (bicyclic) bond motifs is 3. The number of aromatic nitrogens is 1. The van der Waals surface area contributed by atoms with Crippen molar-refractivity contribution in [1.29, 1.82) is 0 Å². The SMILES string of the molecule is COc1ccc([C@H](Cc2c(Cl)c[n+]([O-])cc2Cl)OC(=O)c2ccc(CN(C(=O)O[C@H]3CN4CCC3CC4)c3c(F)cccc3OC)cc2)cc1OC. The Morgan fingerprint density at radius 2 is 1.62 bits per heavy atom. The molecule has 3 aliphatic heterocycles. The van der Waals surface area contributed by atoms with E-state index >= 15 is 4.39 Å². The number of rotatable bonds is 12. The monoisotopic (exact) mass is 753 g/mol. The first-order valence-corrected chi connectivity index (χ1v) is 17.5. The Kier molecular flexibility index (Phi) is 11.6. The smallest absolute Gasteiger partial charge is 0.415 e. The highest BCUT2D eigenvalue weighted by molar-refractivity contribution is 6.35. The summed E-state index contributed by atoms with van der Waals surface area (Å²) >= 11 is 12.8. The van der Waals surface area contributed by atoms with Crippen LogP contribution in [0.2, 0.25) is 10.0 Å². The second-order valence-electron chi connectivity index (χ2n) is 12.6. The van der Waals surface area contributed by atoms with Crippen molar-refractivity contribution in [2.45, 2.75) is 38.0 Å². The number of hydrogen-bond donors (Lipinski definition) is 0. The van der Waals surface area contributed by atoms with E-state index in [2.05, 4.69) is 4.90 Å². The zero-order chi connectivity index (χ0) is 36.9. The van der Waals surface area contributed by atoms with Crippen LogP contribution in [-0.2, 0) is 22.4 Å². The normalized spacial score (nSPS) is 18.3. The number of para-hydroxylation sites is 1. The lowest BCUT2D eigenvalue weighted by Gasteiger charge is -2.44. The third-order valence-electron chi connectivity index (χ3n) is 9.51. The van der Waals surface area contributed by atoms with E-state index < -0.39 is 24.0 Å². The summed E-state index contributed by atoms with van der Waals surface area (Å²) in [5.41, 5.74) is 1.73. The fourth-order valence-electron chi connectivity index (χ4n) is 6.71. The van der Waals surface area contributed by atoms with Crippen LogP contribution in [0.4, 0.5) is 14.9 Å². The summed E-state index contributed by atoms with van der Waals surface area (Å²) in [6, 6.07) is 15.8. The largest absolute Gasteiger partial charge is 0.619 e. The van der Waals surface area contributed by atoms with Crippen molar-refractivity contribution in [3.63, 3.8) is 0 Å². The van der Waals surface area contributed by atoms with Gasteiger partial charge in [-0.1, -0.05) is 47.5 Å². The third-order valence-corrected chi connectivity index (χ3v) is 10.2. The molecule has 4 aromatic rings. The van der Waals surface area contributed by atoms with Gasteiger partial charge in [0.2, 0.25) is 0 Å². The predicted octanol–water partition coefficient (Wildman–Crippen LogP) is 7.17. The summed E-state index contributed by atoms with van der Waals surface area (Å²) in [6.07, 6.45) is 2.36. The minimum Gasteiger partial charge on any atom is -0.619 e. The maximum Gasteiger partial charge on any atom is 0.415 e. The van der Waals surface area contributed by atoms with E-state index in [1.165, 1.54) is 50.8 Å². The molecule has 4 heterocycles. The van der Waals surface area contributed by atoms with Gasteiger partial charge in [0.1, 0.15) is 33.7 Å². The van der Waals surface area contributed by atoms with Crippen LogP contribution in [0.25, 0.3) is 0 Å². The summed E-state index contributed by atoms with van der Waals surface area (Å²) in [6.45, 7) is 2.53. The van der Waals surface area contributed by atoms with E-state index in [9.17, 15) is 14.8 Å². The van der Waals surface area contributed by atoms with Crippen LogP contribution < -0.4 is 23.8 Å². The van der Waals surface area contributed by atoms with Crippen molar-refractivity contribution in [2.75, 3.05) is 45.9 Å². The van der Waals surface area contributed by atoms with Crippen LogP contribution in [0.15, 0.2) is 73.1 Å². The van der Waals surface area contributed by atoms with E-state index in [0.717, 1.165) is 25.9 Å². The number of ether oxygens (including phenoxy) is 5. The minimum absolute atomic E-state index is 0.0406. The standard InChI is InChI=1S/C38H38Cl2FN3O8/c1-48-31-12-11-26(17-34(31)50-3)33(18-27-28(39)20-43(47)21-29(27)40)51-37(45)25-9-7-23(8-10-25)19-44(36-30(41)5-4-6-32(36)49-2)38(46)52-35-22-42-15-13-24(35)14-16-42/h4-12,17,20-21,24,33,35H,13-16,18-19,22H2,1-3H3/t33-,35-/m0/s1. The highest BCUT2D eigenvalue weighted by Gasteiger charge is 2.38. The molecule has 3 saturated heterocycles. The van der Waals surface area contributed by atoms with Gasteiger partial charge in [0, 0.05) is 18.5 Å². The fourth-order valence-corrected chi connectivity index (χ4v) is 7.31. The van der Waals surface area contributed by atoms with E-state index in [-0.39, 0.29) is 52.0 Å². The molecule has 3 aliphatic rings. The first-order chi connectivity index (χ1) is 25.1. The van der Waals surface area contributed by atoms with Crippen molar-refractivity contribution in [2.24, 2.45) is 5.92 Å². The zero-order valence-electron chi connectivity index (χ0n) is 28.9. The van der Waals surface area contributed by atoms with Gasteiger partial charge in [0.25, 0.3) is 0 Å². The van der Waals surface area contributed by atoms with Crippen molar-refractivity contribution >= 4 is 41.0 Å². The molecule has 0 N–H and O–H groups in total. The lowest BCUT2D eigenvalue weighted by Crippen LogP contribution is -2.53. The molecule has 7 rings (SSSR count). The Hall–Kier alpha value is -4.78. The number of amides is 1. The number of benzene rings is 3. The maximum absolute atomic E-state index is 15.4. The topological polar surface area (TPSA) is 114 Å². The summed E-state index contributed by atoms with van der Waals surface area (Å²) in [7, 11) is 4.40. The van der Waals surface area contributed by atoms with Crippen molar-refractivity contribution in [1.82, 2.24) is 4.90 Å². The van der Waals surface area contributed by atoms with Gasteiger partial charge in [-0.3, -0.25) is 9.80 Å². The van der Waals surface area contributed by atoms with Crippen LogP contribution in [-0.4, -0.2) is 64.0 Å². The molecule has 11 nitrogen and oxygen atoms in total. The molecule has 3 fully saturated rings. The number of anilines is 1. The van der Waals surface area contributed by atoms with Gasteiger partial charge < -0.3 is 28.9 Å². The van der Waals surface area contributed by atoms with E-state index in [0.29, 0.717) is 39.5 Å². The lowest BCUT2D eigenvalue weighted by atomic mass is 9.86. The molecule has 14 heteroatoms. The third kappa shape index (κ3) is 8.14. The highest BCUT2D eigenvalue weighted by Crippen LogP contribution is 2.37. The van der Waals surface area contributed by atoms with Gasteiger partial charge in [-0.15, -0.1) is 0 Å². The van der Waals surface area contributed by atoms with Gasteiger partial charge in [0.15, 0.2) is 29.7 Å². The number of esters is 1. The van der Waals surface area contributed by atoms with Crippen molar-refractivity contribution < 1.29 is 42.4 Å². The molecule has 0 saturated carbocycles. The number of carbonyl (C=O) groups excluding carboxylic acids is 2. The quantitative estimate of drug-likeness (QED) is 0.0844. The molecule has 0 aliphatic carbocycles. The molecule has 0 radical (unpaired) electrons. The second kappa shape index (κ2) is 16.3. The number of hydrogen-bond acceptors (Lipinski definition) is 9. The van der Waals surface area contributed by atoms with Crippen LogP contribution in [0.5, 0.6) is 17.2 Å². The highest BCUT2D eigenvalue weighted by atomic mass is 35.5. The van der Waals surface area contributed by atoms with Crippen LogP contribution in [0.3, 0.4) is 0 Å². The van der Waals surface area contributed by atoms with E-state index in [4.69, 9.17) is 46.9 Å². The summed E-state index contributed by atoms with van der Waals surface area (Å²) in [5.74, 6) is 0.0124. The van der Waals surface area contributed by atoms with Gasteiger partial charge in [-0.05, 0) is 79.4 Å². The predicted molar refractivity (Wildman–Crippen MR) is 192 cm³/mol.